The lowest BCUT2D eigenvalue weighted by molar-refractivity contribution is -0.135. The smallest absolute Gasteiger partial charge is 0.331 e. The summed E-state index contributed by atoms with van der Waals surface area (Å²) in [7, 11) is 1.28. The van der Waals surface area contributed by atoms with E-state index < -0.39 is 5.97 Å². The maximum absolute atomic E-state index is 13.0. The summed E-state index contributed by atoms with van der Waals surface area (Å²) in [6, 6.07) is 15.4. The summed E-state index contributed by atoms with van der Waals surface area (Å²) in [4.78, 5) is 33.3. The Morgan fingerprint density at radius 1 is 1.11 bits per heavy atom. The molecule has 0 N–H and O–H groups in total. The van der Waals surface area contributed by atoms with E-state index in [9.17, 15) is 9.59 Å². The third-order valence-electron chi connectivity index (χ3n) is 3.85. The summed E-state index contributed by atoms with van der Waals surface area (Å²) in [6.45, 7) is 0. The number of amidine groups is 1. The number of nitrogens with zero attached hydrogens (tertiary/aromatic N) is 2. The van der Waals surface area contributed by atoms with Crippen molar-refractivity contribution in [2.45, 2.75) is 9.79 Å². The molecule has 144 valence electrons. The van der Waals surface area contributed by atoms with Gasteiger partial charge in [0.15, 0.2) is 5.17 Å². The second-order valence-electron chi connectivity index (χ2n) is 5.57. The average molecular weight is 431 g/mol. The number of esters is 1. The molecule has 0 saturated carbocycles. The number of amides is 1. The maximum atomic E-state index is 13.0. The highest BCUT2D eigenvalue weighted by molar-refractivity contribution is 8.19. The third-order valence-corrected chi connectivity index (χ3v) is 6.27. The zero-order valence-electron chi connectivity index (χ0n) is 15.5. The minimum Gasteiger partial charge on any atom is -0.466 e. The number of hydrogen-bond acceptors (Lipinski definition) is 7. The quantitative estimate of drug-likeness (QED) is 0.380. The molecule has 1 amide bonds. The van der Waals surface area contributed by atoms with Gasteiger partial charge in [-0.2, -0.15) is 0 Å². The normalized spacial score (nSPS) is 16.8. The van der Waals surface area contributed by atoms with Crippen LogP contribution in [0, 0.1) is 0 Å². The molecule has 1 heterocycles. The van der Waals surface area contributed by atoms with Crippen molar-refractivity contribution in [3.63, 3.8) is 0 Å². The van der Waals surface area contributed by atoms with Crippen LogP contribution in [-0.2, 0) is 14.3 Å². The minimum atomic E-state index is -0.570. The van der Waals surface area contributed by atoms with Crippen molar-refractivity contribution in [1.82, 2.24) is 0 Å². The standard InChI is InChI=1S/C20H18N2O3S3/c1-25-18(23)12-17-19(24)22(14-7-5-9-16(11-14)27-3)20(28-17)21-13-6-4-8-15(10-13)26-2/h4-12H,1-3H3/b17-12+,21-20?. The molecule has 0 radical (unpaired) electrons. The van der Waals surface area contributed by atoms with Gasteiger partial charge in [-0.25, -0.2) is 9.79 Å². The van der Waals surface area contributed by atoms with Gasteiger partial charge in [-0.3, -0.25) is 9.69 Å². The van der Waals surface area contributed by atoms with Gasteiger partial charge in [-0.05, 0) is 60.7 Å². The number of ether oxygens (including phenoxy) is 1. The number of benzene rings is 2. The fourth-order valence-corrected chi connectivity index (χ4v) is 4.35. The molecule has 2 aromatic carbocycles. The molecule has 28 heavy (non-hydrogen) atoms. The average Bonchev–Trinajstić information content (AvgIpc) is 3.02. The van der Waals surface area contributed by atoms with Gasteiger partial charge in [0.05, 0.1) is 23.4 Å². The second-order valence-corrected chi connectivity index (χ2v) is 8.34. The molecule has 2 aromatic rings. The lowest BCUT2D eigenvalue weighted by Crippen LogP contribution is -2.28. The SMILES string of the molecule is COC(=O)/C=C1/SC(=Nc2cccc(SC)c2)N(c2cccc(SC)c2)C1=O. The van der Waals surface area contributed by atoms with Crippen LogP contribution in [0.2, 0.25) is 0 Å². The molecule has 8 heteroatoms. The van der Waals surface area contributed by atoms with Crippen molar-refractivity contribution in [1.29, 1.82) is 0 Å². The monoisotopic (exact) mass is 430 g/mol. The van der Waals surface area contributed by atoms with Gasteiger partial charge in [0.1, 0.15) is 0 Å². The van der Waals surface area contributed by atoms with E-state index in [0.29, 0.717) is 10.9 Å². The van der Waals surface area contributed by atoms with Crippen molar-refractivity contribution in [3.8, 4) is 0 Å². The van der Waals surface area contributed by atoms with Gasteiger partial charge in [0, 0.05) is 15.9 Å². The zero-order chi connectivity index (χ0) is 20.1. The number of rotatable bonds is 5. The van der Waals surface area contributed by atoms with Crippen LogP contribution in [0.4, 0.5) is 11.4 Å². The fraction of sp³-hybridized carbons (Fsp3) is 0.150. The molecule has 0 spiro atoms. The number of carbonyl (C=O) groups is 2. The van der Waals surface area contributed by atoms with Crippen molar-refractivity contribution in [2.75, 3.05) is 24.5 Å². The summed E-state index contributed by atoms with van der Waals surface area (Å²) in [6.07, 6.45) is 5.18. The first-order valence-corrected chi connectivity index (χ1v) is 11.5. The molecule has 1 fully saturated rings. The molecule has 3 rings (SSSR count). The first-order valence-electron chi connectivity index (χ1n) is 8.24. The minimum absolute atomic E-state index is 0.279. The van der Waals surface area contributed by atoms with Crippen LogP contribution in [0.5, 0.6) is 0 Å². The molecule has 1 aliphatic heterocycles. The van der Waals surface area contributed by atoms with E-state index in [-0.39, 0.29) is 10.8 Å². The summed E-state index contributed by atoms with van der Waals surface area (Å²) in [5, 5.41) is 0.497. The Hall–Kier alpha value is -2.16. The number of thioether (sulfide) groups is 3. The first kappa shape index (κ1) is 20.6. The van der Waals surface area contributed by atoms with Gasteiger partial charge in [0.2, 0.25) is 0 Å². The van der Waals surface area contributed by atoms with Gasteiger partial charge < -0.3 is 4.74 Å². The highest BCUT2D eigenvalue weighted by atomic mass is 32.2. The van der Waals surface area contributed by atoms with Crippen LogP contribution in [-0.4, -0.2) is 36.7 Å². The summed E-state index contributed by atoms with van der Waals surface area (Å²) < 4.78 is 4.68. The van der Waals surface area contributed by atoms with Crippen LogP contribution in [0.15, 0.2) is 74.3 Å². The van der Waals surface area contributed by atoms with E-state index in [0.717, 1.165) is 27.2 Å². The predicted molar refractivity (Wildman–Crippen MR) is 119 cm³/mol. The number of anilines is 1. The Morgan fingerprint density at radius 2 is 1.79 bits per heavy atom. The predicted octanol–water partition coefficient (Wildman–Crippen LogP) is 4.95. The largest absolute Gasteiger partial charge is 0.466 e. The van der Waals surface area contributed by atoms with Gasteiger partial charge in [-0.15, -0.1) is 23.5 Å². The van der Waals surface area contributed by atoms with Crippen molar-refractivity contribution >= 4 is 63.7 Å². The van der Waals surface area contributed by atoms with Crippen molar-refractivity contribution < 1.29 is 14.3 Å². The lowest BCUT2D eigenvalue weighted by Gasteiger charge is -2.16. The van der Waals surface area contributed by atoms with Crippen LogP contribution < -0.4 is 4.90 Å². The Bertz CT molecular complexity index is 973. The highest BCUT2D eigenvalue weighted by Crippen LogP contribution is 2.37. The first-order chi connectivity index (χ1) is 13.5. The van der Waals surface area contributed by atoms with Crippen LogP contribution in [0.3, 0.4) is 0 Å². The molecule has 0 bridgehead atoms. The molecule has 1 aliphatic rings. The van der Waals surface area contributed by atoms with E-state index in [1.54, 1.807) is 23.5 Å². The number of aliphatic imine (C=N–C) groups is 1. The Kier molecular flexibility index (Phi) is 6.88. The zero-order valence-corrected chi connectivity index (χ0v) is 18.0. The molecular formula is C20H18N2O3S3. The lowest BCUT2D eigenvalue weighted by atomic mass is 10.3. The molecule has 1 saturated heterocycles. The number of carbonyl (C=O) groups excluding carboxylic acids is 2. The number of hydrogen-bond donors (Lipinski definition) is 0. The van der Waals surface area contributed by atoms with Crippen molar-refractivity contribution in [2.24, 2.45) is 4.99 Å². The van der Waals surface area contributed by atoms with E-state index in [2.05, 4.69) is 9.73 Å². The summed E-state index contributed by atoms with van der Waals surface area (Å²) in [5.41, 5.74) is 1.45. The maximum Gasteiger partial charge on any atom is 0.331 e. The summed E-state index contributed by atoms with van der Waals surface area (Å²) in [5.74, 6) is -0.868. The highest BCUT2D eigenvalue weighted by Gasteiger charge is 2.35. The van der Waals surface area contributed by atoms with Crippen LogP contribution in [0.25, 0.3) is 0 Å². The van der Waals surface area contributed by atoms with E-state index in [1.807, 2.05) is 61.0 Å². The van der Waals surface area contributed by atoms with E-state index >= 15 is 0 Å². The molecule has 0 aromatic heterocycles. The molecule has 0 unspecified atom stereocenters. The number of methoxy groups -OCH3 is 1. The third kappa shape index (κ3) is 4.63. The molecular weight excluding hydrogens is 412 g/mol. The Labute approximate surface area is 176 Å². The van der Waals surface area contributed by atoms with Crippen LogP contribution in [0.1, 0.15) is 0 Å². The topological polar surface area (TPSA) is 59.0 Å². The van der Waals surface area contributed by atoms with E-state index in [4.69, 9.17) is 0 Å². The van der Waals surface area contributed by atoms with E-state index in [1.165, 1.54) is 18.1 Å². The van der Waals surface area contributed by atoms with Gasteiger partial charge >= 0.3 is 5.97 Å². The van der Waals surface area contributed by atoms with Crippen LogP contribution >= 0.6 is 35.3 Å². The van der Waals surface area contributed by atoms with Gasteiger partial charge in [0.25, 0.3) is 5.91 Å². The Balaban J connectivity index is 2.07. The van der Waals surface area contributed by atoms with Crippen molar-refractivity contribution in [3.05, 3.63) is 59.5 Å². The second kappa shape index (κ2) is 9.36. The molecule has 0 atom stereocenters. The Morgan fingerprint density at radius 3 is 2.46 bits per heavy atom. The molecule has 5 nitrogen and oxygen atoms in total. The summed E-state index contributed by atoms with van der Waals surface area (Å²) >= 11 is 4.38. The molecule has 0 aliphatic carbocycles. The fourth-order valence-electron chi connectivity index (χ4n) is 2.48. The van der Waals surface area contributed by atoms with Gasteiger partial charge in [-0.1, -0.05) is 12.1 Å².